The van der Waals surface area contributed by atoms with E-state index in [0.29, 0.717) is 47.3 Å². The number of ketones is 2. The van der Waals surface area contributed by atoms with Crippen molar-refractivity contribution < 1.29 is 38.1 Å². The van der Waals surface area contributed by atoms with Gasteiger partial charge in [0.05, 0.1) is 48.2 Å². The molecule has 0 amide bonds. The van der Waals surface area contributed by atoms with Crippen LogP contribution in [0.25, 0.3) is 11.0 Å². The number of aromatic amines is 1. The lowest BCUT2D eigenvalue weighted by Gasteiger charge is -2.38. The Morgan fingerprint density at radius 2 is 1.52 bits per heavy atom. The van der Waals surface area contributed by atoms with Crippen molar-refractivity contribution in [2.24, 2.45) is 0 Å². The largest absolute Gasteiger partial charge is 0.466 e. The summed E-state index contributed by atoms with van der Waals surface area (Å²) in [5.41, 5.74) is 8.47. The highest BCUT2D eigenvalue weighted by molar-refractivity contribution is 6.05. The zero-order chi connectivity index (χ0) is 40.0. The second-order valence-corrected chi connectivity index (χ2v) is 15.8. The van der Waals surface area contributed by atoms with Gasteiger partial charge in [0.15, 0.2) is 11.6 Å². The van der Waals surface area contributed by atoms with E-state index in [4.69, 9.17) is 14.2 Å². The molecule has 0 bridgehead atoms. The molecule has 0 saturated carbocycles. The first kappa shape index (κ1) is 42.1. The lowest BCUT2D eigenvalue weighted by molar-refractivity contribution is -0.147. The number of carbonyl (C=O) groups excluding carboxylic acids is 4. The van der Waals surface area contributed by atoms with Crippen LogP contribution in [-0.2, 0) is 38.1 Å². The summed E-state index contributed by atoms with van der Waals surface area (Å²) in [4.78, 5) is 49.8. The van der Waals surface area contributed by atoms with Gasteiger partial charge in [-0.1, -0.05) is 29.8 Å². The highest BCUT2D eigenvalue weighted by atomic mass is 16.5. The number of dihydropyridines is 1. The number of hydrogen-bond donors (Lipinski definition) is 2. The van der Waals surface area contributed by atoms with Crippen LogP contribution in [0.5, 0.6) is 0 Å². The third-order valence-corrected chi connectivity index (χ3v) is 9.01. The van der Waals surface area contributed by atoms with E-state index in [1.165, 1.54) is 22.3 Å². The molecule has 0 saturated heterocycles. The fourth-order valence-electron chi connectivity index (χ4n) is 7.00. The van der Waals surface area contributed by atoms with E-state index < -0.39 is 23.5 Å². The van der Waals surface area contributed by atoms with E-state index >= 15 is 0 Å². The smallest absolute Gasteiger partial charge is 0.336 e. The number of Topliss-reactive ketones (excluding diaryl/α,β-unsaturated/α-hetero) is 2. The molecule has 3 aromatic rings. The number of nitrogens with one attached hydrogen (secondary N) is 2. The fourth-order valence-corrected chi connectivity index (χ4v) is 7.00. The highest BCUT2D eigenvalue weighted by Crippen LogP contribution is 2.48. The number of ether oxygens (including phenoxy) is 4. The molecule has 0 radical (unpaired) electrons. The Labute approximate surface area is 318 Å². The van der Waals surface area contributed by atoms with Gasteiger partial charge in [-0.3, -0.25) is 14.4 Å². The number of benzene rings is 2. The van der Waals surface area contributed by atoms with Crippen molar-refractivity contribution in [1.82, 2.24) is 20.7 Å². The molecule has 1 aliphatic heterocycles. The summed E-state index contributed by atoms with van der Waals surface area (Å²) in [7, 11) is 0. The quantitative estimate of drug-likeness (QED) is 0.155. The van der Waals surface area contributed by atoms with Gasteiger partial charge in [0.2, 0.25) is 0 Å². The van der Waals surface area contributed by atoms with E-state index in [2.05, 4.69) is 58.4 Å². The lowest BCUT2D eigenvalue weighted by Crippen LogP contribution is -2.39. The summed E-state index contributed by atoms with van der Waals surface area (Å²) >= 11 is 0. The van der Waals surface area contributed by atoms with Crippen LogP contribution in [0.2, 0.25) is 0 Å². The maximum atomic E-state index is 14.2. The predicted octanol–water partition coefficient (Wildman–Crippen LogP) is 6.93. The van der Waals surface area contributed by atoms with Gasteiger partial charge < -0.3 is 24.3 Å². The number of aryl methyl sites for hydroxylation is 3. The van der Waals surface area contributed by atoms with Gasteiger partial charge in [-0.2, -0.15) is 15.4 Å². The third kappa shape index (κ3) is 10.7. The molecule has 5 rings (SSSR count). The molecular formula is C42H56N4O8. The number of H-pyrrole nitrogens is 1. The second kappa shape index (κ2) is 17.6. The van der Waals surface area contributed by atoms with Crippen LogP contribution >= 0.6 is 0 Å². The number of para-hydroxylation sites is 1. The van der Waals surface area contributed by atoms with Crippen LogP contribution in [0, 0.1) is 20.8 Å². The number of fused-ring (bicyclic) bond motifs is 1. The van der Waals surface area contributed by atoms with E-state index in [-0.39, 0.29) is 49.3 Å². The van der Waals surface area contributed by atoms with Crippen LogP contribution in [0.3, 0.4) is 0 Å². The van der Waals surface area contributed by atoms with E-state index in [1.807, 2.05) is 59.7 Å². The Bertz CT molecular complexity index is 1920. The van der Waals surface area contributed by atoms with E-state index in [0.717, 1.165) is 11.3 Å². The molecule has 12 heteroatoms. The first-order chi connectivity index (χ1) is 25.3. The van der Waals surface area contributed by atoms with Gasteiger partial charge in [-0.15, -0.1) is 0 Å². The number of carbonyl (C=O) groups is 4. The molecule has 0 spiro atoms. The minimum Gasteiger partial charge on any atom is -0.466 e. The Morgan fingerprint density at radius 3 is 2.13 bits per heavy atom. The molecular weight excluding hydrogens is 688 g/mol. The molecule has 2 N–H and O–H groups in total. The Kier molecular flexibility index (Phi) is 13.7. The van der Waals surface area contributed by atoms with Crippen molar-refractivity contribution in [2.45, 2.75) is 118 Å². The minimum absolute atomic E-state index is 0.0150. The summed E-state index contributed by atoms with van der Waals surface area (Å²) in [5.74, 6) is -1.83. The van der Waals surface area contributed by atoms with Crippen molar-refractivity contribution in [2.75, 3.05) is 26.4 Å². The van der Waals surface area contributed by atoms with Crippen LogP contribution in [0.1, 0.15) is 114 Å². The van der Waals surface area contributed by atoms with Crippen LogP contribution in [0.15, 0.2) is 52.9 Å². The van der Waals surface area contributed by atoms with Crippen molar-refractivity contribution >= 4 is 34.5 Å². The second-order valence-electron chi connectivity index (χ2n) is 15.8. The predicted molar refractivity (Wildman–Crippen MR) is 206 cm³/mol. The minimum atomic E-state index is -0.656. The molecule has 292 valence electrons. The Morgan fingerprint density at radius 1 is 0.870 bits per heavy atom. The number of esters is 2. The maximum absolute atomic E-state index is 14.2. The Hall–Kier alpha value is -4.68. The third-order valence-electron chi connectivity index (χ3n) is 9.01. The van der Waals surface area contributed by atoms with Crippen molar-refractivity contribution in [1.29, 1.82) is 0 Å². The van der Waals surface area contributed by atoms with Crippen molar-refractivity contribution in [3.63, 3.8) is 0 Å². The van der Waals surface area contributed by atoms with Crippen LogP contribution in [-0.4, -0.2) is 76.5 Å². The van der Waals surface area contributed by atoms with Crippen LogP contribution < -0.4 is 5.32 Å². The van der Waals surface area contributed by atoms with Crippen molar-refractivity contribution in [3.8, 4) is 0 Å². The van der Waals surface area contributed by atoms with Gasteiger partial charge in [0.1, 0.15) is 24.1 Å². The highest BCUT2D eigenvalue weighted by Gasteiger charge is 2.43. The summed E-state index contributed by atoms with van der Waals surface area (Å²) in [6, 6.07) is 10.0. The lowest BCUT2D eigenvalue weighted by atomic mass is 9.70. The monoisotopic (exact) mass is 744 g/mol. The average Bonchev–Trinajstić information content (AvgIpc) is 3.55. The standard InChI is InChI=1S/C32H38N4O4.C10H18O4/c1-8-39-31(38)29-24(16-40-32(5,6)7)33-23-14-20(26-18(3)12-17(2)13-19(26)4)15-25(37)28(23)27(29)21-10-9-11-22-30(21)35-36-34-22;1-5-13-9(12)6-8(11)7-14-10(2,3)4/h9-13,20,27,33H,8,14-16H2,1-7H3,(H,34,35,36);5-7H2,1-4H3. The number of rotatable bonds is 11. The first-order valence-corrected chi connectivity index (χ1v) is 18.6. The van der Waals surface area contributed by atoms with E-state index in [9.17, 15) is 19.2 Å². The number of nitrogens with zero attached hydrogens (tertiary/aromatic N) is 2. The number of hydrogen-bond acceptors (Lipinski definition) is 11. The number of allylic oxidation sites excluding steroid dienone is 2. The van der Waals surface area contributed by atoms with Gasteiger partial charge in [-0.05, 0) is 117 Å². The van der Waals surface area contributed by atoms with Gasteiger partial charge in [0, 0.05) is 17.7 Å². The fraction of sp³-hybridized carbons (Fsp3) is 0.524. The molecule has 12 nitrogen and oxygen atoms in total. The molecule has 2 heterocycles. The van der Waals surface area contributed by atoms with Gasteiger partial charge in [-0.25, -0.2) is 4.79 Å². The molecule has 2 aromatic carbocycles. The van der Waals surface area contributed by atoms with Crippen LogP contribution in [0.4, 0.5) is 0 Å². The summed E-state index contributed by atoms with van der Waals surface area (Å²) in [6.07, 6.45) is 0.802. The van der Waals surface area contributed by atoms with Crippen molar-refractivity contribution in [3.05, 3.63) is 80.7 Å². The molecule has 2 atom stereocenters. The average molecular weight is 745 g/mol. The maximum Gasteiger partial charge on any atom is 0.336 e. The van der Waals surface area contributed by atoms with Gasteiger partial charge >= 0.3 is 11.9 Å². The Balaban J connectivity index is 0.000000395. The molecule has 2 unspecified atom stereocenters. The zero-order valence-electron chi connectivity index (χ0n) is 33.7. The number of aromatic nitrogens is 3. The topological polar surface area (TPSA) is 159 Å². The summed E-state index contributed by atoms with van der Waals surface area (Å²) in [6.45, 7) is 21.9. The zero-order valence-corrected chi connectivity index (χ0v) is 33.7. The SMILES string of the molecule is CCOC(=O)C1=C(COC(C)(C)C)NC2=C(C(=O)CC(c3c(C)cc(C)cc3C)C2)C1c1cccc2n[nH]nc12.CCOC(=O)CC(=O)COC(C)(C)C. The molecule has 1 aliphatic carbocycles. The summed E-state index contributed by atoms with van der Waals surface area (Å²) in [5, 5.41) is 14.9. The first-order valence-electron chi connectivity index (χ1n) is 18.6. The van der Waals surface area contributed by atoms with Gasteiger partial charge in [0.25, 0.3) is 0 Å². The van der Waals surface area contributed by atoms with E-state index in [1.54, 1.807) is 13.8 Å². The molecule has 1 aromatic heterocycles. The summed E-state index contributed by atoms with van der Waals surface area (Å²) < 4.78 is 21.6. The molecule has 54 heavy (non-hydrogen) atoms. The molecule has 2 aliphatic rings. The normalized spacial score (nSPS) is 17.4. The molecule has 0 fully saturated rings.